The molecular formula is C36H28B2O5. The molecule has 0 aromatic heterocycles. The predicted molar refractivity (Wildman–Crippen MR) is 172 cm³/mol. The summed E-state index contributed by atoms with van der Waals surface area (Å²) >= 11 is 0. The number of para-hydroxylation sites is 4. The van der Waals surface area contributed by atoms with Crippen molar-refractivity contribution in [2.45, 2.75) is 0 Å². The van der Waals surface area contributed by atoms with Crippen molar-refractivity contribution in [1.82, 2.24) is 0 Å². The third-order valence-corrected chi connectivity index (χ3v) is 6.80. The SMILES string of the molecule is c1ccc(OOB(c2ccccc2)c2ccccc2Oc2ccccc2B(OOc2ccccc2)c2ccccc2)cc1. The van der Waals surface area contributed by atoms with Crippen molar-refractivity contribution in [3.05, 3.63) is 170 Å². The molecule has 0 aliphatic heterocycles. The van der Waals surface area contributed by atoms with Crippen LogP contribution in [0.5, 0.6) is 23.0 Å². The van der Waals surface area contributed by atoms with Crippen LogP contribution in [0.15, 0.2) is 170 Å². The first-order valence-electron chi connectivity index (χ1n) is 14.1. The van der Waals surface area contributed by atoms with Crippen LogP contribution in [-0.2, 0) is 9.61 Å². The molecule has 208 valence electrons. The molecule has 0 saturated heterocycles. The molecular weight excluding hydrogens is 534 g/mol. The summed E-state index contributed by atoms with van der Waals surface area (Å²) in [5, 5.41) is 0. The van der Waals surface area contributed by atoms with Crippen LogP contribution in [0, 0.1) is 0 Å². The van der Waals surface area contributed by atoms with Crippen molar-refractivity contribution in [3.8, 4) is 23.0 Å². The van der Waals surface area contributed by atoms with Crippen molar-refractivity contribution in [2.75, 3.05) is 0 Å². The fourth-order valence-corrected chi connectivity index (χ4v) is 4.69. The first-order chi connectivity index (χ1) is 21.3. The van der Waals surface area contributed by atoms with Crippen LogP contribution in [0.25, 0.3) is 0 Å². The molecule has 0 aliphatic carbocycles. The lowest BCUT2D eigenvalue weighted by Crippen LogP contribution is -2.47. The van der Waals surface area contributed by atoms with Crippen LogP contribution in [0.4, 0.5) is 0 Å². The number of ether oxygens (including phenoxy) is 1. The Balaban J connectivity index is 1.34. The van der Waals surface area contributed by atoms with Crippen LogP contribution < -0.4 is 36.4 Å². The zero-order valence-electron chi connectivity index (χ0n) is 23.4. The van der Waals surface area contributed by atoms with E-state index in [1.54, 1.807) is 0 Å². The largest absolute Gasteiger partial charge is 0.458 e. The Morgan fingerprint density at radius 1 is 0.326 bits per heavy atom. The van der Waals surface area contributed by atoms with Gasteiger partial charge in [0.05, 0.1) is 0 Å². The van der Waals surface area contributed by atoms with Gasteiger partial charge in [-0.25, -0.2) is 9.61 Å². The first kappa shape index (κ1) is 27.9. The molecule has 0 radical (unpaired) electrons. The molecule has 0 fully saturated rings. The van der Waals surface area contributed by atoms with E-state index in [0.29, 0.717) is 23.0 Å². The van der Waals surface area contributed by atoms with Crippen molar-refractivity contribution < 1.29 is 24.1 Å². The second kappa shape index (κ2) is 14.1. The Kier molecular flexibility index (Phi) is 9.15. The Labute approximate surface area is 252 Å². The second-order valence-electron chi connectivity index (χ2n) is 9.74. The molecule has 0 amide bonds. The Morgan fingerprint density at radius 2 is 0.651 bits per heavy atom. The third kappa shape index (κ3) is 7.16. The van der Waals surface area contributed by atoms with Gasteiger partial charge in [0, 0.05) is 10.9 Å². The van der Waals surface area contributed by atoms with Crippen molar-refractivity contribution in [2.24, 2.45) is 0 Å². The van der Waals surface area contributed by atoms with Crippen molar-refractivity contribution in [3.63, 3.8) is 0 Å². The van der Waals surface area contributed by atoms with Crippen LogP contribution in [0.2, 0.25) is 0 Å². The maximum absolute atomic E-state index is 6.68. The van der Waals surface area contributed by atoms with Crippen LogP contribution in [-0.4, -0.2) is 13.8 Å². The highest BCUT2D eigenvalue weighted by molar-refractivity contribution is 6.81. The molecule has 0 unspecified atom stereocenters. The van der Waals surface area contributed by atoms with E-state index in [9.17, 15) is 0 Å². The van der Waals surface area contributed by atoms with E-state index in [-0.39, 0.29) is 0 Å². The molecule has 0 spiro atoms. The summed E-state index contributed by atoms with van der Waals surface area (Å²) in [6.07, 6.45) is 0. The molecule has 0 aliphatic rings. The Morgan fingerprint density at radius 3 is 1.05 bits per heavy atom. The minimum Gasteiger partial charge on any atom is -0.458 e. The molecule has 7 heteroatoms. The molecule has 43 heavy (non-hydrogen) atoms. The fourth-order valence-electron chi connectivity index (χ4n) is 4.69. The molecule has 0 atom stereocenters. The smallest absolute Gasteiger partial charge is 0.425 e. The van der Waals surface area contributed by atoms with Gasteiger partial charge in [-0.1, -0.05) is 133 Å². The minimum absolute atomic E-state index is 0.563. The van der Waals surface area contributed by atoms with Gasteiger partial charge in [-0.15, -0.1) is 0 Å². The van der Waals surface area contributed by atoms with Crippen LogP contribution >= 0.6 is 0 Å². The highest BCUT2D eigenvalue weighted by Crippen LogP contribution is 2.21. The monoisotopic (exact) mass is 562 g/mol. The van der Waals surface area contributed by atoms with Gasteiger partial charge in [0.1, 0.15) is 11.5 Å². The second-order valence-corrected chi connectivity index (χ2v) is 9.74. The summed E-state index contributed by atoms with van der Waals surface area (Å²) in [5.41, 5.74) is 3.45. The lowest BCUT2D eigenvalue weighted by Gasteiger charge is -2.21. The molecule has 5 nitrogen and oxygen atoms in total. The van der Waals surface area contributed by atoms with E-state index >= 15 is 0 Å². The molecule has 0 heterocycles. The van der Waals surface area contributed by atoms with E-state index in [0.717, 1.165) is 21.9 Å². The average molecular weight is 562 g/mol. The summed E-state index contributed by atoms with van der Waals surface area (Å²) in [6.45, 7) is -1.13. The number of rotatable bonds is 12. The van der Waals surface area contributed by atoms with Gasteiger partial charge in [0.25, 0.3) is 0 Å². The summed E-state index contributed by atoms with van der Waals surface area (Å²) in [7, 11) is 0. The Bertz CT molecular complexity index is 1580. The Hall–Kier alpha value is -5.23. The molecule has 6 aromatic carbocycles. The van der Waals surface area contributed by atoms with E-state index in [1.807, 2.05) is 170 Å². The highest BCUT2D eigenvalue weighted by atomic mass is 17.2. The van der Waals surface area contributed by atoms with Gasteiger partial charge < -0.3 is 14.5 Å². The van der Waals surface area contributed by atoms with E-state index in [4.69, 9.17) is 24.1 Å². The molecule has 6 aromatic rings. The number of benzene rings is 6. The lowest BCUT2D eigenvalue weighted by molar-refractivity contribution is -0.101. The molecule has 0 saturated carbocycles. The quantitative estimate of drug-likeness (QED) is 0.109. The zero-order chi connectivity index (χ0) is 29.1. The van der Waals surface area contributed by atoms with Gasteiger partial charge in [-0.3, -0.25) is 0 Å². The normalized spacial score (nSPS) is 10.5. The summed E-state index contributed by atoms with van der Waals surface area (Å²) in [6, 6.07) is 54.3. The maximum atomic E-state index is 6.68. The van der Waals surface area contributed by atoms with Crippen LogP contribution in [0.3, 0.4) is 0 Å². The lowest BCUT2D eigenvalue weighted by atomic mass is 9.55. The zero-order valence-corrected chi connectivity index (χ0v) is 23.4. The number of hydrogen-bond acceptors (Lipinski definition) is 5. The van der Waals surface area contributed by atoms with E-state index < -0.39 is 13.8 Å². The standard InChI is InChI=1S/C36H28B2O5/c1-5-17-29(18-6-1)37(42-40-31-21-9-3-10-22-31)33-25-13-15-27-35(33)39-36-28-16-14-26-34(36)38(30-19-7-2-8-20-30)43-41-32-23-11-4-12-24-32/h1-28H. The predicted octanol–water partition coefficient (Wildman–Crippen LogP) is 5.71. The van der Waals surface area contributed by atoms with Gasteiger partial charge in [0.2, 0.25) is 0 Å². The maximum Gasteiger partial charge on any atom is 0.425 e. The summed E-state index contributed by atoms with van der Waals surface area (Å²) in [4.78, 5) is 23.7. The summed E-state index contributed by atoms with van der Waals surface area (Å²) in [5.74, 6) is 2.45. The molecule has 0 N–H and O–H groups in total. The van der Waals surface area contributed by atoms with Gasteiger partial charge in [-0.2, -0.15) is 0 Å². The van der Waals surface area contributed by atoms with Crippen LogP contribution in [0.1, 0.15) is 0 Å². The highest BCUT2D eigenvalue weighted by Gasteiger charge is 2.31. The first-order valence-corrected chi connectivity index (χ1v) is 14.1. The van der Waals surface area contributed by atoms with Gasteiger partial charge in [0.15, 0.2) is 11.5 Å². The third-order valence-electron chi connectivity index (χ3n) is 6.80. The topological polar surface area (TPSA) is 46.2 Å². The van der Waals surface area contributed by atoms with E-state index in [1.165, 1.54) is 0 Å². The van der Waals surface area contributed by atoms with Crippen molar-refractivity contribution in [1.29, 1.82) is 0 Å². The molecule has 6 rings (SSSR count). The minimum atomic E-state index is -0.563. The summed E-state index contributed by atoms with van der Waals surface area (Å²) < 4.78 is 6.68. The number of hydrogen-bond donors (Lipinski definition) is 0. The average Bonchev–Trinajstić information content (AvgIpc) is 3.08. The van der Waals surface area contributed by atoms with Gasteiger partial charge in [-0.05, 0) is 47.3 Å². The van der Waals surface area contributed by atoms with E-state index in [2.05, 4.69) is 0 Å². The van der Waals surface area contributed by atoms with Gasteiger partial charge >= 0.3 is 13.8 Å². The van der Waals surface area contributed by atoms with Crippen molar-refractivity contribution >= 4 is 35.7 Å². The fraction of sp³-hybridized carbons (Fsp3) is 0. The molecule has 0 bridgehead atoms.